The van der Waals surface area contributed by atoms with Crippen molar-refractivity contribution in [1.29, 1.82) is 0 Å². The number of hydrogen-bond donors (Lipinski definition) is 1. The van der Waals surface area contributed by atoms with Gasteiger partial charge in [-0.05, 0) is 13.3 Å². The van der Waals surface area contributed by atoms with E-state index in [0.717, 1.165) is 6.42 Å². The Labute approximate surface area is 60.3 Å². The highest BCUT2D eigenvalue weighted by molar-refractivity contribution is 6.39. The molecule has 0 aliphatic carbocycles. The molecule has 0 amide bonds. The normalized spacial score (nSPS) is 17.3. The standard InChI is InChI=1S/C7H16OSi/c1-4-6-9-7(3,8)5-2/h8H,4-6H2,1-3H3. The van der Waals surface area contributed by atoms with Crippen molar-refractivity contribution in [2.45, 2.75) is 44.9 Å². The highest BCUT2D eigenvalue weighted by Crippen LogP contribution is 2.08. The van der Waals surface area contributed by atoms with E-state index in [1.54, 1.807) is 0 Å². The minimum absolute atomic E-state index is 0.379. The van der Waals surface area contributed by atoms with Gasteiger partial charge in [0, 0.05) is 5.22 Å². The summed E-state index contributed by atoms with van der Waals surface area (Å²) in [6.45, 7) is 6.10. The summed E-state index contributed by atoms with van der Waals surface area (Å²) in [5, 5.41) is 9.09. The van der Waals surface area contributed by atoms with Gasteiger partial charge in [0.05, 0.1) is 9.52 Å². The smallest absolute Gasteiger partial charge is 0.0815 e. The molecule has 54 valence electrons. The molecule has 0 rings (SSSR count). The summed E-state index contributed by atoms with van der Waals surface area (Å²) < 4.78 is 0. The van der Waals surface area contributed by atoms with Gasteiger partial charge >= 0.3 is 0 Å². The first-order valence-electron chi connectivity index (χ1n) is 3.59. The van der Waals surface area contributed by atoms with Crippen molar-refractivity contribution in [3.05, 3.63) is 0 Å². The molecule has 0 heterocycles. The summed E-state index contributed by atoms with van der Waals surface area (Å²) in [4.78, 5) is 0. The van der Waals surface area contributed by atoms with E-state index in [1.807, 2.05) is 13.8 Å². The molecule has 0 fully saturated rings. The minimum Gasteiger partial charge on any atom is -0.394 e. The Morgan fingerprint density at radius 2 is 2.00 bits per heavy atom. The first-order valence-corrected chi connectivity index (χ1v) is 4.80. The zero-order valence-electron chi connectivity index (χ0n) is 6.57. The van der Waals surface area contributed by atoms with E-state index in [9.17, 15) is 5.11 Å². The van der Waals surface area contributed by atoms with Crippen LogP contribution in [0.25, 0.3) is 0 Å². The highest BCUT2D eigenvalue weighted by Gasteiger charge is 2.16. The molecule has 0 saturated heterocycles. The Kier molecular flexibility index (Phi) is 4.15. The number of rotatable bonds is 4. The minimum atomic E-state index is -0.379. The Morgan fingerprint density at radius 3 is 2.33 bits per heavy atom. The summed E-state index contributed by atoms with van der Waals surface area (Å²) >= 11 is 0. The van der Waals surface area contributed by atoms with Crippen LogP contribution in [0.1, 0.15) is 33.6 Å². The number of hydrogen-bond acceptors (Lipinski definition) is 1. The van der Waals surface area contributed by atoms with Crippen molar-refractivity contribution in [1.82, 2.24) is 0 Å². The third-order valence-electron chi connectivity index (χ3n) is 1.44. The molecule has 0 spiro atoms. The molecule has 1 unspecified atom stereocenters. The maximum atomic E-state index is 9.47. The topological polar surface area (TPSA) is 20.2 Å². The lowest BCUT2D eigenvalue weighted by molar-refractivity contribution is 0.140. The van der Waals surface area contributed by atoms with E-state index < -0.39 is 0 Å². The summed E-state index contributed by atoms with van der Waals surface area (Å²) in [5.74, 6) is 0. The van der Waals surface area contributed by atoms with Crippen molar-refractivity contribution in [3.63, 3.8) is 0 Å². The summed E-state index contributed by atoms with van der Waals surface area (Å²) in [6.07, 6.45) is 2.07. The Bertz CT molecular complexity index is 71.3. The molecule has 0 bridgehead atoms. The fourth-order valence-electron chi connectivity index (χ4n) is 0.519. The number of aliphatic hydroxyl groups is 1. The van der Waals surface area contributed by atoms with Gasteiger partial charge in [0.2, 0.25) is 0 Å². The third kappa shape index (κ3) is 4.67. The second kappa shape index (κ2) is 4.07. The Hall–Kier alpha value is 0.177. The molecule has 9 heavy (non-hydrogen) atoms. The molecule has 1 atom stereocenters. The maximum Gasteiger partial charge on any atom is 0.0815 e. The summed E-state index contributed by atoms with van der Waals surface area (Å²) in [5.41, 5.74) is 0. The lowest BCUT2D eigenvalue weighted by Gasteiger charge is -2.19. The fraction of sp³-hybridized carbons (Fsp3) is 1.00. The predicted octanol–water partition coefficient (Wildman–Crippen LogP) is 1.64. The van der Waals surface area contributed by atoms with Crippen LogP contribution in [0, 0.1) is 0 Å². The molecule has 2 radical (unpaired) electrons. The second-order valence-corrected chi connectivity index (χ2v) is 4.48. The van der Waals surface area contributed by atoms with Crippen LogP contribution in [-0.2, 0) is 0 Å². The van der Waals surface area contributed by atoms with Crippen molar-refractivity contribution in [2.24, 2.45) is 0 Å². The zero-order chi connectivity index (χ0) is 7.33. The summed E-state index contributed by atoms with van der Waals surface area (Å²) in [7, 11) is 0.715. The van der Waals surface area contributed by atoms with E-state index >= 15 is 0 Å². The van der Waals surface area contributed by atoms with E-state index in [-0.39, 0.29) is 5.22 Å². The average Bonchev–Trinajstić information content (AvgIpc) is 1.84. The van der Waals surface area contributed by atoms with Gasteiger partial charge in [-0.25, -0.2) is 0 Å². The van der Waals surface area contributed by atoms with Crippen molar-refractivity contribution < 1.29 is 5.11 Å². The quantitative estimate of drug-likeness (QED) is 0.595. The molecular formula is C7H16OSi. The van der Waals surface area contributed by atoms with Gasteiger partial charge in [0.1, 0.15) is 0 Å². The first kappa shape index (κ1) is 9.18. The molecule has 0 aromatic rings. The lowest BCUT2D eigenvalue weighted by Crippen LogP contribution is -2.30. The van der Waals surface area contributed by atoms with Crippen molar-refractivity contribution >= 4 is 9.52 Å². The van der Waals surface area contributed by atoms with Crippen LogP contribution in [0.15, 0.2) is 0 Å². The van der Waals surface area contributed by atoms with Gasteiger partial charge in [-0.15, -0.1) is 0 Å². The van der Waals surface area contributed by atoms with Crippen LogP contribution in [0.5, 0.6) is 0 Å². The Morgan fingerprint density at radius 1 is 1.44 bits per heavy atom. The van der Waals surface area contributed by atoms with Gasteiger partial charge in [-0.1, -0.05) is 26.3 Å². The van der Waals surface area contributed by atoms with Crippen LogP contribution in [-0.4, -0.2) is 19.9 Å². The maximum absolute atomic E-state index is 9.47. The zero-order valence-corrected chi connectivity index (χ0v) is 7.57. The molecule has 2 heteroatoms. The largest absolute Gasteiger partial charge is 0.394 e. The molecule has 0 aliphatic rings. The first-order chi connectivity index (χ1) is 4.12. The van der Waals surface area contributed by atoms with Crippen LogP contribution >= 0.6 is 0 Å². The van der Waals surface area contributed by atoms with Crippen molar-refractivity contribution in [2.75, 3.05) is 0 Å². The van der Waals surface area contributed by atoms with E-state index in [1.165, 1.54) is 12.5 Å². The molecule has 1 N–H and O–H groups in total. The SMILES string of the molecule is CCC[Si]C(C)(O)CC. The molecule has 0 saturated carbocycles. The summed E-state index contributed by atoms with van der Waals surface area (Å²) in [6, 6.07) is 1.17. The van der Waals surface area contributed by atoms with E-state index in [0.29, 0.717) is 9.52 Å². The predicted molar refractivity (Wildman–Crippen MR) is 41.8 cm³/mol. The third-order valence-corrected chi connectivity index (χ3v) is 3.31. The van der Waals surface area contributed by atoms with Crippen LogP contribution < -0.4 is 0 Å². The van der Waals surface area contributed by atoms with E-state index in [4.69, 9.17) is 0 Å². The molecule has 0 aromatic carbocycles. The van der Waals surface area contributed by atoms with Gasteiger partial charge in [-0.3, -0.25) is 0 Å². The lowest BCUT2D eigenvalue weighted by atomic mass is 10.3. The Balaban J connectivity index is 3.33. The highest BCUT2D eigenvalue weighted by atomic mass is 28.2. The van der Waals surface area contributed by atoms with Crippen LogP contribution in [0.3, 0.4) is 0 Å². The monoisotopic (exact) mass is 144 g/mol. The average molecular weight is 144 g/mol. The molecular weight excluding hydrogens is 128 g/mol. The van der Waals surface area contributed by atoms with E-state index in [2.05, 4.69) is 6.92 Å². The molecule has 0 aliphatic heterocycles. The molecule has 0 aromatic heterocycles. The van der Waals surface area contributed by atoms with Gasteiger partial charge in [0.15, 0.2) is 0 Å². The van der Waals surface area contributed by atoms with Crippen LogP contribution in [0.4, 0.5) is 0 Å². The van der Waals surface area contributed by atoms with Gasteiger partial charge in [0.25, 0.3) is 0 Å². The molecule has 1 nitrogen and oxygen atoms in total. The second-order valence-electron chi connectivity index (χ2n) is 2.55. The van der Waals surface area contributed by atoms with Gasteiger partial charge < -0.3 is 5.11 Å². The van der Waals surface area contributed by atoms with Crippen molar-refractivity contribution in [3.8, 4) is 0 Å². The fourth-order valence-corrected chi connectivity index (χ4v) is 1.56. The van der Waals surface area contributed by atoms with Gasteiger partial charge in [-0.2, -0.15) is 0 Å². The van der Waals surface area contributed by atoms with Crippen LogP contribution in [0.2, 0.25) is 6.04 Å².